The number of nitrogens with one attached hydrogen (secondary N) is 1. The molecule has 0 atom stereocenters. The van der Waals surface area contributed by atoms with Gasteiger partial charge >= 0.3 is 0 Å². The van der Waals surface area contributed by atoms with E-state index in [-0.39, 0.29) is 22.1 Å². The third-order valence-electron chi connectivity index (χ3n) is 5.06. The molecule has 5 rings (SSSR count). The van der Waals surface area contributed by atoms with Gasteiger partial charge in [0.1, 0.15) is 30.7 Å². The van der Waals surface area contributed by atoms with Gasteiger partial charge in [0.25, 0.3) is 17.0 Å². The Morgan fingerprint density at radius 1 is 1.14 bits per heavy atom. The van der Waals surface area contributed by atoms with Gasteiger partial charge in [-0.1, -0.05) is 16.7 Å². The Labute approximate surface area is 214 Å². The lowest BCUT2D eigenvalue weighted by atomic mass is 10.0. The average Bonchev–Trinajstić information content (AvgIpc) is 3.34. The number of methoxy groups -OCH3 is 1. The second kappa shape index (κ2) is 10.3. The van der Waals surface area contributed by atoms with E-state index < -0.39 is 5.91 Å². The van der Waals surface area contributed by atoms with Crippen molar-refractivity contribution in [3.8, 4) is 33.7 Å². The summed E-state index contributed by atoms with van der Waals surface area (Å²) in [6, 6.07) is 6.97. The summed E-state index contributed by atoms with van der Waals surface area (Å²) >= 11 is 7.19. The minimum absolute atomic E-state index is 0.147. The highest BCUT2D eigenvalue weighted by molar-refractivity contribution is 7.17. The summed E-state index contributed by atoms with van der Waals surface area (Å²) < 4.78 is 22.1. The number of hydrogen-bond donors (Lipinski definition) is 1. The monoisotopic (exact) mass is 526 g/mol. The molecule has 0 aliphatic carbocycles. The molecule has 0 bridgehead atoms. The summed E-state index contributed by atoms with van der Waals surface area (Å²) in [6.45, 7) is 2.91. The second-order valence-corrected chi connectivity index (χ2v) is 8.82. The van der Waals surface area contributed by atoms with Gasteiger partial charge in [-0.05, 0) is 42.5 Å². The number of aromatic nitrogens is 5. The van der Waals surface area contributed by atoms with Crippen molar-refractivity contribution in [1.29, 1.82) is 0 Å². The fraction of sp³-hybridized carbons (Fsp3) is 0.217. The largest absolute Gasteiger partial charge is 0.494 e. The molecule has 0 fully saturated rings. The van der Waals surface area contributed by atoms with Gasteiger partial charge in [0, 0.05) is 23.0 Å². The highest BCUT2D eigenvalue weighted by Gasteiger charge is 2.20. The molecule has 4 aromatic heterocycles. The molecule has 5 heterocycles. The first-order valence-corrected chi connectivity index (χ1v) is 11.9. The fourth-order valence-electron chi connectivity index (χ4n) is 3.42. The highest BCUT2D eigenvalue weighted by atomic mass is 35.5. The van der Waals surface area contributed by atoms with Crippen LogP contribution in [0.4, 0.5) is 5.13 Å². The van der Waals surface area contributed by atoms with Crippen LogP contribution >= 0.6 is 22.9 Å². The van der Waals surface area contributed by atoms with Crippen LogP contribution in [0.1, 0.15) is 21.7 Å². The van der Waals surface area contributed by atoms with Crippen molar-refractivity contribution in [2.45, 2.75) is 13.5 Å². The number of nitrogens with zero attached hydrogens (tertiary/aromatic N) is 5. The number of aryl methyl sites for hydroxylation is 1. The van der Waals surface area contributed by atoms with Crippen LogP contribution in [0.3, 0.4) is 0 Å². The molecule has 13 heteroatoms. The molecule has 1 aliphatic heterocycles. The Hall–Kier alpha value is -4.03. The normalized spacial score (nSPS) is 12.2. The zero-order chi connectivity index (χ0) is 25.1. The first-order chi connectivity index (χ1) is 17.5. The number of carbonyl (C=O) groups is 1. The third-order valence-corrected chi connectivity index (χ3v) is 6.02. The van der Waals surface area contributed by atoms with Gasteiger partial charge in [-0.25, -0.2) is 9.97 Å². The summed E-state index contributed by atoms with van der Waals surface area (Å²) in [5.74, 6) is 1.08. The predicted octanol–water partition coefficient (Wildman–Crippen LogP) is 3.96. The molecular formula is C23H19ClN6O5S. The lowest BCUT2D eigenvalue weighted by Crippen LogP contribution is -2.17. The second-order valence-electron chi connectivity index (χ2n) is 7.50. The number of anilines is 1. The van der Waals surface area contributed by atoms with Crippen molar-refractivity contribution < 1.29 is 23.7 Å². The minimum atomic E-state index is -0.427. The predicted molar refractivity (Wildman–Crippen MR) is 131 cm³/mol. The maximum Gasteiger partial charge on any atom is 0.296 e. The number of amides is 1. The molecule has 0 aromatic carbocycles. The van der Waals surface area contributed by atoms with E-state index in [1.807, 2.05) is 6.92 Å². The standard InChI is InChI=1S/C23H19ClN6O5S/c1-12-7-14(15-8-19(24)26-10-18(15)32-2)16(9-25-12)20(31)28-22-29-30-23(36-22)35-11-13-3-4-17-21(27-13)34-6-5-33-17/h3-4,7-10H,5-6,11H2,1-2H3,(H,28,29,31). The number of fused-ring (bicyclic) bond motifs is 1. The Morgan fingerprint density at radius 3 is 2.86 bits per heavy atom. The molecule has 1 N–H and O–H groups in total. The van der Waals surface area contributed by atoms with Crippen LogP contribution in [0.15, 0.2) is 36.7 Å². The molecule has 0 radical (unpaired) electrons. The average molecular weight is 527 g/mol. The van der Waals surface area contributed by atoms with Crippen LogP contribution in [0, 0.1) is 6.92 Å². The molecule has 11 nitrogen and oxygen atoms in total. The maximum atomic E-state index is 13.2. The molecule has 0 saturated heterocycles. The number of rotatable bonds is 7. The van der Waals surface area contributed by atoms with E-state index in [0.29, 0.717) is 53.0 Å². The van der Waals surface area contributed by atoms with Crippen LogP contribution < -0.4 is 24.3 Å². The van der Waals surface area contributed by atoms with E-state index in [9.17, 15) is 4.79 Å². The maximum absolute atomic E-state index is 13.2. The number of hydrogen-bond acceptors (Lipinski definition) is 11. The van der Waals surface area contributed by atoms with Crippen molar-refractivity contribution in [2.75, 3.05) is 25.6 Å². The van der Waals surface area contributed by atoms with Crippen LogP contribution in [0.5, 0.6) is 22.6 Å². The lowest BCUT2D eigenvalue weighted by molar-refractivity contribution is 0.102. The number of pyridine rings is 3. The van der Waals surface area contributed by atoms with Gasteiger partial charge in [-0.15, -0.1) is 5.10 Å². The minimum Gasteiger partial charge on any atom is -0.494 e. The van der Waals surface area contributed by atoms with Crippen molar-refractivity contribution in [3.05, 3.63) is 58.8 Å². The molecule has 4 aromatic rings. The van der Waals surface area contributed by atoms with Crippen LogP contribution in [0.2, 0.25) is 5.15 Å². The third kappa shape index (κ3) is 5.14. The summed E-state index contributed by atoms with van der Waals surface area (Å²) in [4.78, 5) is 25.8. The van der Waals surface area contributed by atoms with Crippen LogP contribution in [0.25, 0.3) is 11.1 Å². The molecule has 0 spiro atoms. The van der Waals surface area contributed by atoms with Gasteiger partial charge in [0.15, 0.2) is 5.75 Å². The first-order valence-electron chi connectivity index (χ1n) is 10.7. The Balaban J connectivity index is 1.30. The van der Waals surface area contributed by atoms with Crippen molar-refractivity contribution in [2.24, 2.45) is 0 Å². The highest BCUT2D eigenvalue weighted by Crippen LogP contribution is 2.34. The number of halogens is 1. The van der Waals surface area contributed by atoms with E-state index in [1.165, 1.54) is 19.5 Å². The van der Waals surface area contributed by atoms with E-state index >= 15 is 0 Å². The summed E-state index contributed by atoms with van der Waals surface area (Å²) in [5, 5.41) is 11.5. The zero-order valence-corrected chi connectivity index (χ0v) is 20.7. The molecule has 36 heavy (non-hydrogen) atoms. The van der Waals surface area contributed by atoms with E-state index in [0.717, 1.165) is 17.0 Å². The fourth-order valence-corrected chi connectivity index (χ4v) is 4.17. The Kier molecular flexibility index (Phi) is 6.78. The zero-order valence-electron chi connectivity index (χ0n) is 19.1. The van der Waals surface area contributed by atoms with Gasteiger partial charge < -0.3 is 18.9 Å². The van der Waals surface area contributed by atoms with Crippen molar-refractivity contribution in [3.63, 3.8) is 0 Å². The summed E-state index contributed by atoms with van der Waals surface area (Å²) in [7, 11) is 1.52. The quantitative estimate of drug-likeness (QED) is 0.353. The molecule has 1 aliphatic rings. The molecule has 1 amide bonds. The van der Waals surface area contributed by atoms with Gasteiger partial charge in [0.2, 0.25) is 5.13 Å². The Bertz CT molecular complexity index is 1430. The van der Waals surface area contributed by atoms with Gasteiger partial charge in [-0.2, -0.15) is 0 Å². The van der Waals surface area contributed by atoms with E-state index in [4.69, 9.17) is 30.5 Å². The van der Waals surface area contributed by atoms with Crippen LogP contribution in [-0.2, 0) is 6.61 Å². The van der Waals surface area contributed by atoms with E-state index in [1.54, 1.807) is 24.3 Å². The Morgan fingerprint density at radius 2 is 2.00 bits per heavy atom. The molecule has 0 unspecified atom stereocenters. The summed E-state index contributed by atoms with van der Waals surface area (Å²) in [6.07, 6.45) is 2.99. The lowest BCUT2D eigenvalue weighted by Gasteiger charge is -2.17. The summed E-state index contributed by atoms with van der Waals surface area (Å²) in [5.41, 5.74) is 2.86. The first kappa shape index (κ1) is 23.7. The van der Waals surface area contributed by atoms with Crippen LogP contribution in [-0.4, -0.2) is 51.4 Å². The van der Waals surface area contributed by atoms with Crippen molar-refractivity contribution in [1.82, 2.24) is 25.1 Å². The van der Waals surface area contributed by atoms with Crippen molar-refractivity contribution >= 4 is 34.0 Å². The number of carbonyl (C=O) groups excluding carboxylic acids is 1. The molecule has 0 saturated carbocycles. The number of ether oxygens (including phenoxy) is 4. The van der Waals surface area contributed by atoms with Gasteiger partial charge in [0.05, 0.1) is 24.6 Å². The van der Waals surface area contributed by atoms with Gasteiger partial charge in [-0.3, -0.25) is 15.1 Å². The molecular weight excluding hydrogens is 508 g/mol. The smallest absolute Gasteiger partial charge is 0.296 e. The topological polar surface area (TPSA) is 130 Å². The molecule has 184 valence electrons. The SMILES string of the molecule is COc1cnc(Cl)cc1-c1cc(C)ncc1C(=O)Nc1nnc(OCc2ccc3c(n2)OCCO3)s1. The van der Waals surface area contributed by atoms with E-state index in [2.05, 4.69) is 30.5 Å².